The number of aromatic nitrogens is 2. The number of rotatable bonds is 8. The lowest BCUT2D eigenvalue weighted by atomic mass is 10.1. The second kappa shape index (κ2) is 9.54. The zero-order valence-electron chi connectivity index (χ0n) is 19.9. The van der Waals surface area contributed by atoms with Gasteiger partial charge in [0.25, 0.3) is 5.91 Å². The number of likely N-dealkylation sites (N-methyl/N-ethyl adjacent to an activating group) is 1. The maximum absolute atomic E-state index is 13.4. The largest absolute Gasteiger partial charge is 0.507 e. The van der Waals surface area contributed by atoms with Crippen molar-refractivity contribution >= 4 is 22.6 Å². The summed E-state index contributed by atoms with van der Waals surface area (Å²) in [5, 5.41) is 22.3. The topological polar surface area (TPSA) is 93.7 Å². The zero-order valence-corrected chi connectivity index (χ0v) is 19.9. The molecule has 0 atom stereocenters. The van der Waals surface area contributed by atoms with Crippen molar-refractivity contribution in [3.8, 4) is 11.5 Å². The highest BCUT2D eigenvalue weighted by Gasteiger charge is 2.27. The number of anilines is 1. The van der Waals surface area contributed by atoms with Gasteiger partial charge < -0.3 is 25.0 Å². The number of amides is 1. The Morgan fingerprint density at radius 2 is 2.03 bits per heavy atom. The second-order valence-corrected chi connectivity index (χ2v) is 9.45. The summed E-state index contributed by atoms with van der Waals surface area (Å²) < 4.78 is 5.91. The summed E-state index contributed by atoms with van der Waals surface area (Å²) in [6, 6.07) is 9.79. The number of hydrogen-bond donors (Lipinski definition) is 3. The summed E-state index contributed by atoms with van der Waals surface area (Å²) >= 11 is 0. The van der Waals surface area contributed by atoms with Gasteiger partial charge >= 0.3 is 0 Å². The van der Waals surface area contributed by atoms with E-state index in [9.17, 15) is 9.90 Å². The molecule has 2 aromatic carbocycles. The average molecular weight is 464 g/mol. The van der Waals surface area contributed by atoms with Crippen molar-refractivity contribution in [2.24, 2.45) is 0 Å². The smallest absolute Gasteiger partial charge is 0.258 e. The molecule has 5 rings (SSSR count). The molecule has 3 aromatic rings. The average Bonchev–Trinajstić information content (AvgIpc) is 3.58. The molecule has 2 aliphatic rings. The van der Waals surface area contributed by atoms with E-state index in [2.05, 4.69) is 34.4 Å². The van der Waals surface area contributed by atoms with Crippen molar-refractivity contribution in [2.75, 3.05) is 32.1 Å². The quantitative estimate of drug-likeness (QED) is 0.466. The first-order chi connectivity index (χ1) is 16.5. The molecular formula is C26H33N5O3. The number of phenols is 1. The predicted octanol–water partition coefficient (Wildman–Crippen LogP) is 4.11. The van der Waals surface area contributed by atoms with Crippen LogP contribution in [0.4, 0.5) is 5.82 Å². The lowest BCUT2D eigenvalue weighted by molar-refractivity contribution is 0.0748. The number of aromatic hydroxyl groups is 1. The molecule has 0 radical (unpaired) electrons. The van der Waals surface area contributed by atoms with E-state index in [-0.39, 0.29) is 11.7 Å². The Kier molecular flexibility index (Phi) is 6.32. The van der Waals surface area contributed by atoms with Gasteiger partial charge in [-0.25, -0.2) is 0 Å². The predicted molar refractivity (Wildman–Crippen MR) is 132 cm³/mol. The number of carbonyl (C=O) groups is 1. The van der Waals surface area contributed by atoms with E-state index in [0.29, 0.717) is 31.3 Å². The molecule has 1 aromatic heterocycles. The van der Waals surface area contributed by atoms with Crippen LogP contribution >= 0.6 is 0 Å². The number of benzene rings is 2. The van der Waals surface area contributed by atoms with E-state index in [1.165, 1.54) is 12.8 Å². The van der Waals surface area contributed by atoms with Gasteiger partial charge in [-0.3, -0.25) is 9.89 Å². The Morgan fingerprint density at radius 3 is 2.82 bits per heavy atom. The van der Waals surface area contributed by atoms with Gasteiger partial charge in [0, 0.05) is 37.1 Å². The van der Waals surface area contributed by atoms with Crippen molar-refractivity contribution in [2.45, 2.75) is 51.7 Å². The van der Waals surface area contributed by atoms with E-state index < -0.39 is 0 Å². The Morgan fingerprint density at radius 1 is 1.24 bits per heavy atom. The summed E-state index contributed by atoms with van der Waals surface area (Å²) in [7, 11) is 2.07. The normalized spacial score (nSPS) is 15.9. The first kappa shape index (κ1) is 22.5. The highest BCUT2D eigenvalue weighted by molar-refractivity contribution is 6.03. The molecule has 1 amide bonds. The van der Waals surface area contributed by atoms with E-state index in [1.807, 2.05) is 18.2 Å². The summed E-state index contributed by atoms with van der Waals surface area (Å²) in [4.78, 5) is 17.4. The van der Waals surface area contributed by atoms with Gasteiger partial charge in [-0.05, 0) is 55.8 Å². The van der Waals surface area contributed by atoms with Gasteiger partial charge in [-0.1, -0.05) is 25.8 Å². The van der Waals surface area contributed by atoms with Crippen LogP contribution in [-0.2, 0) is 13.1 Å². The fourth-order valence-corrected chi connectivity index (χ4v) is 4.85. The first-order valence-corrected chi connectivity index (χ1v) is 12.2. The van der Waals surface area contributed by atoms with E-state index in [1.54, 1.807) is 17.0 Å². The molecule has 0 spiro atoms. The third-order valence-electron chi connectivity index (χ3n) is 7.07. The number of aromatic amines is 1. The van der Waals surface area contributed by atoms with Gasteiger partial charge in [0.15, 0.2) is 5.82 Å². The first-order valence-electron chi connectivity index (χ1n) is 12.2. The highest BCUT2D eigenvalue weighted by atomic mass is 16.5. The number of hydrogen-bond acceptors (Lipinski definition) is 6. The molecular weight excluding hydrogens is 430 g/mol. The number of fused-ring (bicyclic) bond motifs is 2. The monoisotopic (exact) mass is 463 g/mol. The third-order valence-corrected chi connectivity index (χ3v) is 7.07. The van der Waals surface area contributed by atoms with Crippen LogP contribution in [0.1, 0.15) is 54.1 Å². The lowest BCUT2D eigenvalue weighted by Crippen LogP contribution is -2.25. The molecule has 1 aliphatic heterocycles. The standard InChI is InChI=1S/C26H33N5O3/c1-3-30(2)10-11-34-20-9-8-17-15-31(16-18(17)12-20)26(33)22-13-21-23(14-24(22)32)28-29-25(21)27-19-6-4-5-7-19/h8-9,12-14,19,32H,3-7,10-11,15-16H2,1-2H3,(H2,27,28,29). The Hall–Kier alpha value is -3.26. The number of ether oxygens (including phenoxy) is 1. The molecule has 0 saturated heterocycles. The molecule has 0 bridgehead atoms. The number of nitrogens with zero attached hydrogens (tertiary/aromatic N) is 3. The third kappa shape index (κ3) is 4.55. The van der Waals surface area contributed by atoms with Crippen LogP contribution in [0.15, 0.2) is 30.3 Å². The molecule has 3 N–H and O–H groups in total. The van der Waals surface area contributed by atoms with Crippen molar-refractivity contribution in [1.82, 2.24) is 20.0 Å². The summed E-state index contributed by atoms with van der Waals surface area (Å²) in [6.07, 6.45) is 4.71. The van der Waals surface area contributed by atoms with Crippen LogP contribution in [0.2, 0.25) is 0 Å². The Balaban J connectivity index is 1.30. The molecule has 0 unspecified atom stereocenters. The van der Waals surface area contributed by atoms with Crippen LogP contribution in [0.25, 0.3) is 10.9 Å². The highest BCUT2D eigenvalue weighted by Crippen LogP contribution is 2.33. The molecule has 180 valence electrons. The van der Waals surface area contributed by atoms with Gasteiger partial charge in [-0.15, -0.1) is 0 Å². The minimum absolute atomic E-state index is 0.0337. The van der Waals surface area contributed by atoms with Gasteiger partial charge in [0.1, 0.15) is 18.1 Å². The van der Waals surface area contributed by atoms with Crippen molar-refractivity contribution in [1.29, 1.82) is 0 Å². The number of nitrogens with one attached hydrogen (secondary N) is 2. The zero-order chi connectivity index (χ0) is 23.7. The fourth-order valence-electron chi connectivity index (χ4n) is 4.85. The van der Waals surface area contributed by atoms with Crippen molar-refractivity contribution < 1.29 is 14.6 Å². The summed E-state index contributed by atoms with van der Waals surface area (Å²) in [5.74, 6) is 1.35. The van der Waals surface area contributed by atoms with Crippen molar-refractivity contribution in [3.05, 3.63) is 47.0 Å². The second-order valence-electron chi connectivity index (χ2n) is 9.45. The number of carbonyl (C=O) groups excluding carboxylic acids is 1. The maximum Gasteiger partial charge on any atom is 0.258 e. The van der Waals surface area contributed by atoms with Crippen LogP contribution in [-0.4, -0.2) is 63.8 Å². The molecule has 1 aliphatic carbocycles. The molecule has 1 saturated carbocycles. The molecule has 2 heterocycles. The molecule has 8 nitrogen and oxygen atoms in total. The van der Waals surface area contributed by atoms with Crippen LogP contribution in [0.5, 0.6) is 11.5 Å². The van der Waals surface area contributed by atoms with Gasteiger partial charge in [-0.2, -0.15) is 5.10 Å². The lowest BCUT2D eigenvalue weighted by Gasteiger charge is -2.17. The van der Waals surface area contributed by atoms with E-state index >= 15 is 0 Å². The minimum atomic E-state index is -0.185. The van der Waals surface area contributed by atoms with Crippen LogP contribution < -0.4 is 10.1 Å². The molecule has 1 fully saturated rings. The summed E-state index contributed by atoms with van der Waals surface area (Å²) in [5.41, 5.74) is 3.21. The Labute approximate surface area is 199 Å². The summed E-state index contributed by atoms with van der Waals surface area (Å²) in [6.45, 7) is 5.61. The molecule has 8 heteroatoms. The minimum Gasteiger partial charge on any atom is -0.507 e. The fraction of sp³-hybridized carbons (Fsp3) is 0.462. The van der Waals surface area contributed by atoms with Gasteiger partial charge in [0.2, 0.25) is 0 Å². The van der Waals surface area contributed by atoms with Crippen molar-refractivity contribution in [3.63, 3.8) is 0 Å². The maximum atomic E-state index is 13.4. The van der Waals surface area contributed by atoms with E-state index in [4.69, 9.17) is 4.74 Å². The molecule has 34 heavy (non-hydrogen) atoms. The van der Waals surface area contributed by atoms with Gasteiger partial charge in [0.05, 0.1) is 11.1 Å². The number of H-pyrrole nitrogens is 1. The SMILES string of the molecule is CCN(C)CCOc1ccc2c(c1)CN(C(=O)c1cc3c(NC4CCCC4)n[nH]c3cc1O)C2. The van der Waals surface area contributed by atoms with E-state index in [0.717, 1.165) is 59.5 Å². The van der Waals surface area contributed by atoms with Crippen LogP contribution in [0.3, 0.4) is 0 Å². The Bertz CT molecular complexity index is 1180. The number of phenolic OH excluding ortho intramolecular Hbond substituents is 1. The van der Waals surface area contributed by atoms with Crippen LogP contribution in [0, 0.1) is 0 Å².